The van der Waals surface area contributed by atoms with E-state index in [-0.39, 0.29) is 11.8 Å². The van der Waals surface area contributed by atoms with E-state index in [0.29, 0.717) is 48.3 Å². The predicted molar refractivity (Wildman–Crippen MR) is 122 cm³/mol. The summed E-state index contributed by atoms with van der Waals surface area (Å²) < 4.78 is 16.8. The SMILES string of the molecule is COc1ccccc1Cc1noc(C2CN(C(=O)c3ccccc3Oc3ccccc3)C2)n1. The van der Waals surface area contributed by atoms with Crippen LogP contribution >= 0.6 is 0 Å². The number of amides is 1. The van der Waals surface area contributed by atoms with E-state index in [1.54, 1.807) is 24.1 Å². The molecule has 1 amide bonds. The van der Waals surface area contributed by atoms with Crippen molar-refractivity contribution in [1.29, 1.82) is 0 Å². The normalized spacial score (nSPS) is 13.4. The van der Waals surface area contributed by atoms with Crippen LogP contribution in [0.2, 0.25) is 0 Å². The number of hydrogen-bond donors (Lipinski definition) is 0. The molecule has 1 aromatic heterocycles. The average molecular weight is 441 g/mol. The molecule has 33 heavy (non-hydrogen) atoms. The van der Waals surface area contributed by atoms with Crippen molar-refractivity contribution in [3.8, 4) is 17.2 Å². The van der Waals surface area contributed by atoms with Gasteiger partial charge in [-0.1, -0.05) is 53.7 Å². The maximum atomic E-state index is 13.1. The molecule has 1 fully saturated rings. The molecule has 3 aromatic carbocycles. The number of benzene rings is 3. The third-order valence-corrected chi connectivity index (χ3v) is 5.63. The summed E-state index contributed by atoms with van der Waals surface area (Å²) in [5.74, 6) is 3.11. The number of aromatic nitrogens is 2. The van der Waals surface area contributed by atoms with Gasteiger partial charge in [0.15, 0.2) is 5.82 Å². The van der Waals surface area contributed by atoms with Crippen LogP contribution in [0.1, 0.15) is 33.6 Å². The lowest BCUT2D eigenvalue weighted by atomic mass is 9.98. The molecule has 0 unspecified atom stereocenters. The van der Waals surface area contributed by atoms with Crippen molar-refractivity contribution in [2.75, 3.05) is 20.2 Å². The fourth-order valence-electron chi connectivity index (χ4n) is 3.84. The van der Waals surface area contributed by atoms with Gasteiger partial charge in [-0.3, -0.25) is 4.79 Å². The average Bonchev–Trinajstić information content (AvgIpc) is 3.27. The molecule has 1 aliphatic heterocycles. The Bertz CT molecular complexity index is 1250. The third kappa shape index (κ3) is 4.43. The van der Waals surface area contributed by atoms with Crippen LogP contribution in [0.4, 0.5) is 0 Å². The largest absolute Gasteiger partial charge is 0.496 e. The van der Waals surface area contributed by atoms with Gasteiger partial charge in [0.05, 0.1) is 18.6 Å². The molecule has 5 rings (SSSR count). The van der Waals surface area contributed by atoms with Crippen LogP contribution in [0.15, 0.2) is 83.4 Å². The van der Waals surface area contributed by atoms with Crippen molar-refractivity contribution in [3.63, 3.8) is 0 Å². The summed E-state index contributed by atoms with van der Waals surface area (Å²) in [4.78, 5) is 19.4. The van der Waals surface area contributed by atoms with Gasteiger partial charge in [0.25, 0.3) is 5.91 Å². The summed E-state index contributed by atoms with van der Waals surface area (Å²) in [5, 5.41) is 4.11. The van der Waals surface area contributed by atoms with Gasteiger partial charge in [-0.25, -0.2) is 0 Å². The van der Waals surface area contributed by atoms with Crippen LogP contribution in [-0.4, -0.2) is 41.1 Å². The highest BCUT2D eigenvalue weighted by Gasteiger charge is 2.36. The Balaban J connectivity index is 1.23. The van der Waals surface area contributed by atoms with Crippen molar-refractivity contribution >= 4 is 5.91 Å². The summed E-state index contributed by atoms with van der Waals surface area (Å²) in [5.41, 5.74) is 1.52. The molecule has 1 aliphatic rings. The van der Waals surface area contributed by atoms with Crippen LogP contribution in [0, 0.1) is 0 Å². The zero-order chi connectivity index (χ0) is 22.6. The molecule has 0 bridgehead atoms. The molecule has 0 N–H and O–H groups in total. The Labute approximate surface area is 191 Å². The lowest BCUT2D eigenvalue weighted by Crippen LogP contribution is -2.48. The first-order valence-corrected chi connectivity index (χ1v) is 10.8. The molecule has 0 saturated carbocycles. The lowest BCUT2D eigenvalue weighted by molar-refractivity contribution is 0.0566. The van der Waals surface area contributed by atoms with Crippen molar-refractivity contribution < 1.29 is 18.8 Å². The third-order valence-electron chi connectivity index (χ3n) is 5.63. The quantitative estimate of drug-likeness (QED) is 0.414. The molecule has 2 heterocycles. The number of carbonyl (C=O) groups is 1. The number of para-hydroxylation sites is 3. The van der Waals surface area contributed by atoms with Gasteiger partial charge in [0, 0.05) is 25.1 Å². The first-order valence-electron chi connectivity index (χ1n) is 10.8. The van der Waals surface area contributed by atoms with Crippen LogP contribution in [-0.2, 0) is 6.42 Å². The van der Waals surface area contributed by atoms with Crippen LogP contribution in [0.5, 0.6) is 17.2 Å². The van der Waals surface area contributed by atoms with E-state index < -0.39 is 0 Å². The maximum absolute atomic E-state index is 13.1. The molecular formula is C26H23N3O4. The van der Waals surface area contributed by atoms with Crippen LogP contribution in [0.3, 0.4) is 0 Å². The van der Waals surface area contributed by atoms with E-state index in [1.807, 2.05) is 66.7 Å². The predicted octanol–water partition coefficient (Wildman–Crippen LogP) is 4.70. The first-order chi connectivity index (χ1) is 16.2. The Morgan fingerprint density at radius 3 is 2.45 bits per heavy atom. The van der Waals surface area contributed by atoms with E-state index in [1.165, 1.54) is 0 Å². The molecule has 0 radical (unpaired) electrons. The highest BCUT2D eigenvalue weighted by molar-refractivity contribution is 5.97. The van der Waals surface area contributed by atoms with Gasteiger partial charge in [0.1, 0.15) is 17.2 Å². The molecular weight excluding hydrogens is 418 g/mol. The van der Waals surface area contributed by atoms with Crippen molar-refractivity contribution in [2.24, 2.45) is 0 Å². The van der Waals surface area contributed by atoms with E-state index in [2.05, 4.69) is 10.1 Å². The Kier molecular flexibility index (Phi) is 5.76. The summed E-state index contributed by atoms with van der Waals surface area (Å²) >= 11 is 0. The van der Waals surface area contributed by atoms with Gasteiger partial charge >= 0.3 is 0 Å². The van der Waals surface area contributed by atoms with E-state index in [0.717, 1.165) is 11.3 Å². The van der Waals surface area contributed by atoms with Crippen LogP contribution < -0.4 is 9.47 Å². The molecule has 166 valence electrons. The maximum Gasteiger partial charge on any atom is 0.257 e. The molecule has 1 saturated heterocycles. The minimum Gasteiger partial charge on any atom is -0.496 e. The van der Waals surface area contributed by atoms with Gasteiger partial charge in [-0.05, 0) is 30.3 Å². The molecule has 7 heteroatoms. The second kappa shape index (κ2) is 9.16. The van der Waals surface area contributed by atoms with Gasteiger partial charge in [-0.15, -0.1) is 0 Å². The number of likely N-dealkylation sites (tertiary alicyclic amines) is 1. The second-order valence-corrected chi connectivity index (χ2v) is 7.86. The summed E-state index contributed by atoms with van der Waals surface area (Å²) in [6, 6.07) is 24.5. The summed E-state index contributed by atoms with van der Waals surface area (Å²) in [6.45, 7) is 1.05. The second-order valence-electron chi connectivity index (χ2n) is 7.86. The smallest absolute Gasteiger partial charge is 0.257 e. The fraction of sp³-hybridized carbons (Fsp3) is 0.192. The molecule has 0 atom stereocenters. The zero-order valence-corrected chi connectivity index (χ0v) is 18.2. The molecule has 7 nitrogen and oxygen atoms in total. The Morgan fingerprint density at radius 1 is 0.970 bits per heavy atom. The van der Waals surface area contributed by atoms with E-state index in [9.17, 15) is 4.79 Å². The zero-order valence-electron chi connectivity index (χ0n) is 18.2. The first kappa shape index (κ1) is 20.8. The number of methoxy groups -OCH3 is 1. The van der Waals surface area contributed by atoms with Crippen LogP contribution in [0.25, 0.3) is 0 Å². The van der Waals surface area contributed by atoms with Gasteiger partial charge in [0.2, 0.25) is 5.89 Å². The summed E-state index contributed by atoms with van der Waals surface area (Å²) in [6.07, 6.45) is 0.521. The monoisotopic (exact) mass is 441 g/mol. The van der Waals surface area contributed by atoms with Gasteiger partial charge in [-0.2, -0.15) is 4.98 Å². The highest BCUT2D eigenvalue weighted by Crippen LogP contribution is 2.31. The minimum atomic E-state index is -0.0773. The van der Waals surface area contributed by atoms with Crippen molar-refractivity contribution in [1.82, 2.24) is 15.0 Å². The Morgan fingerprint density at radius 2 is 1.67 bits per heavy atom. The fourth-order valence-corrected chi connectivity index (χ4v) is 3.84. The topological polar surface area (TPSA) is 77.7 Å². The van der Waals surface area contributed by atoms with Crippen molar-refractivity contribution in [3.05, 3.63) is 102 Å². The standard InChI is InChI=1S/C26H23N3O4/c1-31-22-13-7-5-9-18(22)15-24-27-25(33-28-24)19-16-29(17-19)26(30)21-12-6-8-14-23(21)32-20-10-3-2-4-11-20/h2-14,19H,15-17H2,1H3. The van der Waals surface area contributed by atoms with Gasteiger partial charge < -0.3 is 18.9 Å². The molecule has 0 spiro atoms. The number of hydrogen-bond acceptors (Lipinski definition) is 6. The summed E-state index contributed by atoms with van der Waals surface area (Å²) in [7, 11) is 1.64. The number of carbonyl (C=O) groups excluding carboxylic acids is 1. The highest BCUT2D eigenvalue weighted by atomic mass is 16.5. The Hall–Kier alpha value is -4.13. The molecule has 4 aromatic rings. The lowest BCUT2D eigenvalue weighted by Gasteiger charge is -2.37. The number of nitrogens with zero attached hydrogens (tertiary/aromatic N) is 3. The van der Waals surface area contributed by atoms with Crippen molar-refractivity contribution in [2.45, 2.75) is 12.3 Å². The van der Waals surface area contributed by atoms with E-state index in [4.69, 9.17) is 14.0 Å². The minimum absolute atomic E-state index is 0.0232. The van der Waals surface area contributed by atoms with E-state index >= 15 is 0 Å². The number of rotatable bonds is 7. The number of ether oxygens (including phenoxy) is 2. The molecule has 0 aliphatic carbocycles.